The number of hydrogen-bond donors (Lipinski definition) is 2. The fourth-order valence-electron chi connectivity index (χ4n) is 2.35. The fourth-order valence-corrected chi connectivity index (χ4v) is 2.35. The van der Waals surface area contributed by atoms with E-state index >= 15 is 0 Å². The van der Waals surface area contributed by atoms with Gasteiger partial charge in [0, 0.05) is 11.8 Å². The number of nitrogens with one attached hydrogen (secondary N) is 1. The van der Waals surface area contributed by atoms with Crippen molar-refractivity contribution in [1.29, 1.82) is 0 Å². The topological polar surface area (TPSA) is 50.9 Å². The molecule has 1 aliphatic rings. The highest BCUT2D eigenvalue weighted by Gasteiger charge is 2.13. The lowest BCUT2D eigenvalue weighted by Gasteiger charge is -2.09. The number of aryl methyl sites for hydroxylation is 2. The van der Waals surface area contributed by atoms with E-state index < -0.39 is 11.6 Å². The number of hydrogen-bond acceptors (Lipinski definition) is 3. The number of nitrogen functional groups attached to an aromatic ring is 1. The van der Waals surface area contributed by atoms with Gasteiger partial charge in [0.1, 0.15) is 0 Å². The Morgan fingerprint density at radius 2 is 1.84 bits per heavy atom. The number of benzene rings is 1. The number of anilines is 3. The van der Waals surface area contributed by atoms with Crippen LogP contribution in [0.1, 0.15) is 17.5 Å². The minimum atomic E-state index is -0.850. The molecule has 1 aromatic heterocycles. The quantitative estimate of drug-likeness (QED) is 0.873. The molecule has 0 amide bonds. The van der Waals surface area contributed by atoms with Gasteiger partial charge in [-0.15, -0.1) is 0 Å². The van der Waals surface area contributed by atoms with E-state index in [1.54, 1.807) is 0 Å². The van der Waals surface area contributed by atoms with E-state index in [0.717, 1.165) is 31.0 Å². The van der Waals surface area contributed by atoms with Crippen LogP contribution in [0, 0.1) is 11.6 Å². The number of pyridine rings is 1. The van der Waals surface area contributed by atoms with Crippen molar-refractivity contribution < 1.29 is 8.78 Å². The van der Waals surface area contributed by atoms with Crippen LogP contribution < -0.4 is 11.1 Å². The van der Waals surface area contributed by atoms with Crippen LogP contribution in [0.3, 0.4) is 0 Å². The summed E-state index contributed by atoms with van der Waals surface area (Å²) >= 11 is 0. The number of halogens is 2. The van der Waals surface area contributed by atoms with Crippen LogP contribution in [0.25, 0.3) is 0 Å². The highest BCUT2D eigenvalue weighted by Crippen LogP contribution is 2.27. The van der Waals surface area contributed by atoms with Crippen molar-refractivity contribution in [3.05, 3.63) is 47.0 Å². The van der Waals surface area contributed by atoms with E-state index in [9.17, 15) is 8.78 Å². The molecule has 2 aromatic rings. The van der Waals surface area contributed by atoms with Gasteiger partial charge in [-0.25, -0.2) is 13.8 Å². The van der Waals surface area contributed by atoms with Gasteiger partial charge in [-0.3, -0.25) is 0 Å². The highest BCUT2D eigenvalue weighted by molar-refractivity contribution is 5.60. The molecule has 0 saturated carbocycles. The van der Waals surface area contributed by atoms with E-state index in [1.807, 2.05) is 18.2 Å². The lowest BCUT2D eigenvalue weighted by molar-refractivity contribution is 0.581. The van der Waals surface area contributed by atoms with E-state index in [0.29, 0.717) is 0 Å². The Bertz CT molecular complexity index is 641. The van der Waals surface area contributed by atoms with Crippen molar-refractivity contribution in [3.8, 4) is 0 Å². The Morgan fingerprint density at radius 1 is 1.05 bits per heavy atom. The summed E-state index contributed by atoms with van der Waals surface area (Å²) in [5.41, 5.74) is 8.67. The maximum Gasteiger partial charge on any atom is 0.169 e. The van der Waals surface area contributed by atoms with Gasteiger partial charge in [-0.2, -0.15) is 0 Å². The molecule has 3 N–H and O–H groups in total. The number of rotatable bonds is 2. The van der Waals surface area contributed by atoms with Crippen molar-refractivity contribution in [2.24, 2.45) is 0 Å². The van der Waals surface area contributed by atoms with Crippen molar-refractivity contribution >= 4 is 17.3 Å². The largest absolute Gasteiger partial charge is 0.381 e. The minimum absolute atomic E-state index is 0.0585. The average molecular weight is 261 g/mol. The molecular weight excluding hydrogens is 248 g/mol. The first kappa shape index (κ1) is 11.9. The van der Waals surface area contributed by atoms with E-state index in [4.69, 9.17) is 5.73 Å². The van der Waals surface area contributed by atoms with Crippen LogP contribution in [0.2, 0.25) is 0 Å². The summed E-state index contributed by atoms with van der Waals surface area (Å²) < 4.78 is 26.6. The average Bonchev–Trinajstić information content (AvgIpc) is 2.83. The monoisotopic (exact) mass is 261 g/mol. The summed E-state index contributed by atoms with van der Waals surface area (Å²) in [4.78, 5) is 3.68. The maximum atomic E-state index is 13.6. The first-order valence-corrected chi connectivity index (χ1v) is 6.14. The first-order chi connectivity index (χ1) is 9.13. The van der Waals surface area contributed by atoms with Gasteiger partial charge < -0.3 is 11.1 Å². The van der Waals surface area contributed by atoms with Gasteiger partial charge in [-0.05, 0) is 42.5 Å². The Kier molecular flexibility index (Phi) is 2.81. The van der Waals surface area contributed by atoms with Crippen LogP contribution in [0.15, 0.2) is 24.3 Å². The van der Waals surface area contributed by atoms with Crippen molar-refractivity contribution in [2.75, 3.05) is 11.1 Å². The molecule has 0 atom stereocenters. The summed E-state index contributed by atoms with van der Waals surface area (Å²) in [6.07, 6.45) is 3.27. The van der Waals surface area contributed by atoms with Gasteiger partial charge in [0.25, 0.3) is 0 Å². The molecule has 5 heteroatoms. The molecule has 98 valence electrons. The van der Waals surface area contributed by atoms with Crippen molar-refractivity contribution in [1.82, 2.24) is 4.98 Å². The molecule has 19 heavy (non-hydrogen) atoms. The lowest BCUT2D eigenvalue weighted by Crippen LogP contribution is -2.03. The zero-order valence-corrected chi connectivity index (χ0v) is 10.2. The SMILES string of the molecule is Nc1nc(Nc2ccc3c(c2)CCC3)c(F)cc1F. The van der Waals surface area contributed by atoms with Gasteiger partial charge in [0.15, 0.2) is 23.3 Å². The Labute approximate surface area is 109 Å². The van der Waals surface area contributed by atoms with Crippen LogP contribution in [-0.4, -0.2) is 4.98 Å². The zero-order chi connectivity index (χ0) is 13.4. The predicted molar refractivity (Wildman–Crippen MR) is 70.3 cm³/mol. The molecule has 0 aliphatic heterocycles. The maximum absolute atomic E-state index is 13.6. The summed E-state index contributed by atoms with van der Waals surface area (Å²) in [5.74, 6) is -1.98. The summed E-state index contributed by atoms with van der Waals surface area (Å²) in [7, 11) is 0. The number of aromatic nitrogens is 1. The minimum Gasteiger partial charge on any atom is -0.381 e. The second-order valence-electron chi connectivity index (χ2n) is 4.65. The Balaban J connectivity index is 1.91. The molecular formula is C14H13F2N3. The van der Waals surface area contributed by atoms with Gasteiger partial charge in [0.05, 0.1) is 0 Å². The molecule has 0 spiro atoms. The number of fused-ring (bicyclic) bond motifs is 1. The second-order valence-corrected chi connectivity index (χ2v) is 4.65. The summed E-state index contributed by atoms with van der Waals surface area (Å²) in [5, 5.41) is 2.84. The standard InChI is InChI=1S/C14H13F2N3/c15-11-7-12(16)14(19-13(11)17)18-10-5-4-8-2-1-3-9(8)6-10/h4-7H,1-3H2,(H3,17,18,19). The molecule has 3 nitrogen and oxygen atoms in total. The fraction of sp³-hybridized carbons (Fsp3) is 0.214. The normalized spacial score (nSPS) is 13.4. The van der Waals surface area contributed by atoms with E-state index in [1.165, 1.54) is 11.1 Å². The van der Waals surface area contributed by atoms with Crippen molar-refractivity contribution in [3.63, 3.8) is 0 Å². The van der Waals surface area contributed by atoms with Gasteiger partial charge in [0.2, 0.25) is 0 Å². The molecule has 0 fully saturated rings. The van der Waals surface area contributed by atoms with E-state index in [2.05, 4.69) is 10.3 Å². The molecule has 1 aromatic carbocycles. The summed E-state index contributed by atoms with van der Waals surface area (Å²) in [6, 6.07) is 6.60. The predicted octanol–water partition coefficient (Wildman–Crippen LogP) is 3.17. The zero-order valence-electron chi connectivity index (χ0n) is 10.2. The van der Waals surface area contributed by atoms with Crippen LogP contribution in [-0.2, 0) is 12.8 Å². The molecule has 0 radical (unpaired) electrons. The van der Waals surface area contributed by atoms with Crippen LogP contribution in [0.4, 0.5) is 26.1 Å². The Morgan fingerprint density at radius 3 is 2.68 bits per heavy atom. The third-order valence-corrected chi connectivity index (χ3v) is 3.32. The molecule has 1 heterocycles. The third kappa shape index (κ3) is 2.23. The highest BCUT2D eigenvalue weighted by atomic mass is 19.1. The van der Waals surface area contributed by atoms with Crippen LogP contribution >= 0.6 is 0 Å². The molecule has 1 aliphatic carbocycles. The first-order valence-electron chi connectivity index (χ1n) is 6.14. The number of nitrogens with two attached hydrogens (primary N) is 1. The second kappa shape index (κ2) is 4.50. The van der Waals surface area contributed by atoms with Crippen LogP contribution in [0.5, 0.6) is 0 Å². The van der Waals surface area contributed by atoms with E-state index in [-0.39, 0.29) is 11.6 Å². The lowest BCUT2D eigenvalue weighted by atomic mass is 10.1. The third-order valence-electron chi connectivity index (χ3n) is 3.32. The van der Waals surface area contributed by atoms with Gasteiger partial charge in [-0.1, -0.05) is 6.07 Å². The van der Waals surface area contributed by atoms with Gasteiger partial charge >= 0.3 is 0 Å². The molecule has 3 rings (SSSR count). The smallest absolute Gasteiger partial charge is 0.169 e. The molecule has 0 bridgehead atoms. The molecule has 0 unspecified atom stereocenters. The molecule has 0 saturated heterocycles. The summed E-state index contributed by atoms with van der Waals surface area (Å²) in [6.45, 7) is 0. The van der Waals surface area contributed by atoms with Crippen molar-refractivity contribution in [2.45, 2.75) is 19.3 Å². The number of nitrogens with zero attached hydrogens (tertiary/aromatic N) is 1. The Hall–Kier alpha value is -2.17.